The molecule has 1 aromatic rings. The van der Waals surface area contributed by atoms with Gasteiger partial charge in [0.1, 0.15) is 13.2 Å². The van der Waals surface area contributed by atoms with E-state index in [-0.39, 0.29) is 12.1 Å². The molecule has 2 N–H and O–H groups in total. The Morgan fingerprint density at radius 2 is 1.95 bits per heavy atom. The van der Waals surface area contributed by atoms with Gasteiger partial charge >= 0.3 is 0 Å². The predicted molar refractivity (Wildman–Crippen MR) is 80.2 cm³/mol. The van der Waals surface area contributed by atoms with Crippen molar-refractivity contribution >= 4 is 15.9 Å². The molecule has 0 radical (unpaired) electrons. The van der Waals surface area contributed by atoms with Crippen LogP contribution < -0.4 is 15.2 Å². The van der Waals surface area contributed by atoms with Gasteiger partial charge in [-0.15, -0.1) is 0 Å². The number of halogens is 1. The summed E-state index contributed by atoms with van der Waals surface area (Å²) in [5, 5.41) is 0. The first-order chi connectivity index (χ1) is 9.70. The van der Waals surface area contributed by atoms with E-state index in [4.69, 9.17) is 19.9 Å². The molecule has 1 aromatic carbocycles. The van der Waals surface area contributed by atoms with Gasteiger partial charge in [-0.3, -0.25) is 0 Å². The maximum atomic E-state index is 6.49. The number of fused-ring (bicyclic) bond motifs is 1. The molecule has 5 heteroatoms. The first-order valence-electron chi connectivity index (χ1n) is 7.17. The number of rotatable bonds is 3. The van der Waals surface area contributed by atoms with Gasteiger partial charge in [-0.25, -0.2) is 0 Å². The highest BCUT2D eigenvalue weighted by atomic mass is 79.9. The Kier molecular flexibility index (Phi) is 4.19. The van der Waals surface area contributed by atoms with Crippen molar-refractivity contribution in [2.24, 2.45) is 11.7 Å². The van der Waals surface area contributed by atoms with E-state index in [1.807, 2.05) is 12.1 Å². The summed E-state index contributed by atoms with van der Waals surface area (Å²) < 4.78 is 18.0. The van der Waals surface area contributed by atoms with E-state index in [0.29, 0.717) is 19.1 Å². The minimum atomic E-state index is -0.0485. The Morgan fingerprint density at radius 1 is 1.25 bits per heavy atom. The van der Waals surface area contributed by atoms with Crippen LogP contribution in [0.5, 0.6) is 11.5 Å². The third-order valence-corrected chi connectivity index (χ3v) is 4.83. The van der Waals surface area contributed by atoms with Crippen LogP contribution in [0.4, 0.5) is 0 Å². The number of benzene rings is 1. The predicted octanol–water partition coefficient (Wildman–Crippen LogP) is 3.04. The first kappa shape index (κ1) is 14.2. The van der Waals surface area contributed by atoms with Crippen molar-refractivity contribution in [1.29, 1.82) is 0 Å². The third-order valence-electron chi connectivity index (χ3n) is 4.14. The Morgan fingerprint density at radius 3 is 2.65 bits per heavy atom. The van der Waals surface area contributed by atoms with Crippen LogP contribution in [-0.4, -0.2) is 25.9 Å². The molecule has 2 aliphatic heterocycles. The Balaban J connectivity index is 1.89. The molecule has 0 saturated carbocycles. The van der Waals surface area contributed by atoms with E-state index in [0.717, 1.165) is 41.0 Å². The van der Waals surface area contributed by atoms with E-state index in [1.165, 1.54) is 0 Å². The van der Waals surface area contributed by atoms with Crippen molar-refractivity contribution in [1.82, 2.24) is 0 Å². The fourth-order valence-corrected chi connectivity index (χ4v) is 3.65. The summed E-state index contributed by atoms with van der Waals surface area (Å²) in [6.07, 6.45) is 2.27. The molecule has 3 atom stereocenters. The topological polar surface area (TPSA) is 53.7 Å². The van der Waals surface area contributed by atoms with Crippen molar-refractivity contribution in [3.63, 3.8) is 0 Å². The van der Waals surface area contributed by atoms with Gasteiger partial charge in [-0.1, -0.05) is 22.9 Å². The molecule has 0 amide bonds. The third kappa shape index (κ3) is 2.54. The lowest BCUT2D eigenvalue weighted by Gasteiger charge is -2.27. The summed E-state index contributed by atoms with van der Waals surface area (Å²) in [5.41, 5.74) is 7.57. The van der Waals surface area contributed by atoms with Crippen LogP contribution in [0.15, 0.2) is 16.6 Å². The maximum Gasteiger partial charge on any atom is 0.162 e. The normalized spacial score (nSPS) is 26.6. The van der Waals surface area contributed by atoms with E-state index >= 15 is 0 Å². The Labute approximate surface area is 127 Å². The number of hydrogen-bond acceptors (Lipinski definition) is 4. The molecule has 1 saturated heterocycles. The second kappa shape index (κ2) is 5.92. The minimum Gasteiger partial charge on any atom is -0.486 e. The van der Waals surface area contributed by atoms with Crippen LogP contribution in [0.1, 0.15) is 31.4 Å². The van der Waals surface area contributed by atoms with Crippen LogP contribution >= 0.6 is 15.9 Å². The van der Waals surface area contributed by atoms with Gasteiger partial charge < -0.3 is 19.9 Å². The quantitative estimate of drug-likeness (QED) is 0.917. The van der Waals surface area contributed by atoms with Crippen LogP contribution in [0, 0.1) is 5.92 Å². The molecule has 0 aliphatic carbocycles. The summed E-state index contributed by atoms with van der Waals surface area (Å²) in [7, 11) is 0. The van der Waals surface area contributed by atoms with Gasteiger partial charge in [0.25, 0.3) is 0 Å². The van der Waals surface area contributed by atoms with E-state index in [9.17, 15) is 0 Å². The molecule has 1 fully saturated rings. The van der Waals surface area contributed by atoms with Crippen molar-refractivity contribution in [3.8, 4) is 11.5 Å². The molecule has 0 aromatic heterocycles. The largest absolute Gasteiger partial charge is 0.486 e. The lowest BCUT2D eigenvalue weighted by atomic mass is 9.87. The summed E-state index contributed by atoms with van der Waals surface area (Å²) in [5.74, 6) is 1.93. The van der Waals surface area contributed by atoms with Crippen LogP contribution in [0.2, 0.25) is 0 Å². The van der Waals surface area contributed by atoms with Crippen LogP contribution in [-0.2, 0) is 4.74 Å². The zero-order chi connectivity index (χ0) is 14.1. The van der Waals surface area contributed by atoms with Gasteiger partial charge in [0.05, 0.1) is 6.10 Å². The lowest BCUT2D eigenvalue weighted by molar-refractivity contribution is 0.0812. The highest BCUT2D eigenvalue weighted by molar-refractivity contribution is 9.10. The van der Waals surface area contributed by atoms with Gasteiger partial charge in [-0.2, -0.15) is 0 Å². The van der Waals surface area contributed by atoms with Gasteiger partial charge in [0.15, 0.2) is 11.5 Å². The Bertz CT molecular complexity index is 494. The molecular weight excluding hydrogens is 322 g/mol. The number of ether oxygens (including phenoxy) is 3. The van der Waals surface area contributed by atoms with Gasteiger partial charge in [-0.05, 0) is 30.5 Å². The molecule has 2 aliphatic rings. The molecule has 0 bridgehead atoms. The fourth-order valence-electron chi connectivity index (χ4n) is 3.06. The average Bonchev–Trinajstić information content (AvgIpc) is 2.94. The van der Waals surface area contributed by atoms with E-state index in [2.05, 4.69) is 22.9 Å². The molecule has 20 heavy (non-hydrogen) atoms. The molecule has 0 spiro atoms. The second-order valence-corrected chi connectivity index (χ2v) is 6.17. The molecule has 4 nitrogen and oxygen atoms in total. The first-order valence-corrected chi connectivity index (χ1v) is 7.96. The van der Waals surface area contributed by atoms with E-state index < -0.39 is 0 Å². The van der Waals surface area contributed by atoms with Crippen molar-refractivity contribution < 1.29 is 14.2 Å². The van der Waals surface area contributed by atoms with Crippen LogP contribution in [0.3, 0.4) is 0 Å². The Hall–Kier alpha value is -0.780. The highest BCUT2D eigenvalue weighted by Crippen LogP contribution is 2.41. The lowest BCUT2D eigenvalue weighted by Crippen LogP contribution is -2.28. The van der Waals surface area contributed by atoms with E-state index in [1.54, 1.807) is 0 Å². The molecule has 3 unspecified atom stereocenters. The maximum absolute atomic E-state index is 6.49. The molecule has 110 valence electrons. The minimum absolute atomic E-state index is 0.0485. The summed E-state index contributed by atoms with van der Waals surface area (Å²) in [4.78, 5) is 0. The highest BCUT2D eigenvalue weighted by Gasteiger charge is 2.34. The second-order valence-electron chi connectivity index (χ2n) is 5.31. The number of hydrogen-bond donors (Lipinski definition) is 1. The monoisotopic (exact) mass is 341 g/mol. The van der Waals surface area contributed by atoms with Crippen molar-refractivity contribution in [2.45, 2.75) is 31.9 Å². The zero-order valence-electron chi connectivity index (χ0n) is 11.6. The summed E-state index contributed by atoms with van der Waals surface area (Å²) in [6, 6.07) is 3.92. The van der Waals surface area contributed by atoms with Crippen LogP contribution in [0.25, 0.3) is 0 Å². The van der Waals surface area contributed by atoms with Gasteiger partial charge in [0.2, 0.25) is 0 Å². The fraction of sp³-hybridized carbons (Fsp3) is 0.600. The standard InChI is InChI=1S/C15H20BrNO3/c1-2-12-9(3-4-18-12)15(17)10-7-13-14(8-11(10)16)20-6-5-19-13/h7-9,12,15H,2-6,17H2,1H3. The molecule has 2 heterocycles. The smallest absolute Gasteiger partial charge is 0.162 e. The number of nitrogens with two attached hydrogens (primary N) is 1. The average molecular weight is 342 g/mol. The summed E-state index contributed by atoms with van der Waals surface area (Å²) in [6.45, 7) is 4.14. The van der Waals surface area contributed by atoms with Crippen molar-refractivity contribution in [2.75, 3.05) is 19.8 Å². The summed E-state index contributed by atoms with van der Waals surface area (Å²) >= 11 is 3.61. The SMILES string of the molecule is CCC1OCCC1C(N)c1cc2c(cc1Br)OCCO2. The van der Waals surface area contributed by atoms with Gasteiger partial charge in [0, 0.05) is 23.0 Å². The van der Waals surface area contributed by atoms with Crippen molar-refractivity contribution in [3.05, 3.63) is 22.2 Å². The molecule has 3 rings (SSSR count). The zero-order valence-corrected chi connectivity index (χ0v) is 13.2. The molecular formula is C15H20BrNO3.